The van der Waals surface area contributed by atoms with E-state index in [1.165, 1.54) is 19.2 Å². The molecule has 32 heavy (non-hydrogen) atoms. The minimum absolute atomic E-state index is 0.0216. The molecule has 7 heteroatoms. The maximum Gasteiger partial charge on any atom is 0.337 e. The van der Waals surface area contributed by atoms with Crippen LogP contribution in [0.4, 0.5) is 11.4 Å². The molecule has 3 aromatic carbocycles. The minimum atomic E-state index is -0.495. The van der Waals surface area contributed by atoms with Crippen LogP contribution in [0, 0.1) is 10.1 Å². The summed E-state index contributed by atoms with van der Waals surface area (Å²) in [6.07, 6.45) is 3.45. The van der Waals surface area contributed by atoms with Crippen LogP contribution in [0.1, 0.15) is 21.5 Å². The molecule has 0 aromatic heterocycles. The topological polar surface area (TPSA) is 89.8 Å². The van der Waals surface area contributed by atoms with Gasteiger partial charge < -0.3 is 4.74 Å². The zero-order valence-corrected chi connectivity index (χ0v) is 17.1. The van der Waals surface area contributed by atoms with Crippen molar-refractivity contribution in [3.63, 3.8) is 0 Å². The second kappa shape index (κ2) is 8.69. The molecule has 4 rings (SSSR count). The highest BCUT2D eigenvalue weighted by Crippen LogP contribution is 2.35. The molecule has 7 nitrogen and oxygen atoms in total. The fraction of sp³-hybridized carbons (Fsp3) is 0.0400. The van der Waals surface area contributed by atoms with Crippen LogP contribution in [0.15, 0.2) is 90.5 Å². The second-order valence-corrected chi connectivity index (χ2v) is 7.03. The van der Waals surface area contributed by atoms with Gasteiger partial charge >= 0.3 is 5.97 Å². The zero-order valence-electron chi connectivity index (χ0n) is 17.1. The predicted molar refractivity (Wildman–Crippen MR) is 121 cm³/mol. The van der Waals surface area contributed by atoms with Gasteiger partial charge in [-0.15, -0.1) is 0 Å². The number of carbonyl (C=O) groups excluding carboxylic acids is 2. The van der Waals surface area contributed by atoms with Crippen LogP contribution in [0.2, 0.25) is 0 Å². The lowest BCUT2D eigenvalue weighted by atomic mass is 10.1. The standard InChI is InChI=1S/C25H18N2O5/c1-32-25(29)19-8-5-9-22(15-19)26-23(18-6-3-2-4-7-18)16-20(24(26)28)14-17-10-12-21(13-11-17)27(30)31/h2-16H,1H3. The summed E-state index contributed by atoms with van der Waals surface area (Å²) < 4.78 is 4.80. The molecule has 1 aliphatic rings. The zero-order chi connectivity index (χ0) is 22.7. The number of nitro groups is 1. The van der Waals surface area contributed by atoms with E-state index in [-0.39, 0.29) is 11.6 Å². The van der Waals surface area contributed by atoms with E-state index in [1.54, 1.807) is 53.5 Å². The van der Waals surface area contributed by atoms with Crippen LogP contribution in [-0.2, 0) is 9.53 Å². The lowest BCUT2D eigenvalue weighted by Gasteiger charge is -2.21. The van der Waals surface area contributed by atoms with Gasteiger partial charge in [0.1, 0.15) is 0 Å². The molecular weight excluding hydrogens is 408 g/mol. The number of methoxy groups -OCH3 is 1. The molecule has 0 radical (unpaired) electrons. The lowest BCUT2D eigenvalue weighted by molar-refractivity contribution is -0.384. The monoisotopic (exact) mass is 426 g/mol. The molecule has 0 saturated heterocycles. The van der Waals surface area contributed by atoms with E-state index in [4.69, 9.17) is 4.74 Å². The van der Waals surface area contributed by atoms with Crippen LogP contribution in [-0.4, -0.2) is 23.9 Å². The number of anilines is 1. The largest absolute Gasteiger partial charge is 0.465 e. The number of ether oxygens (including phenoxy) is 1. The Balaban J connectivity index is 1.78. The maximum absolute atomic E-state index is 13.4. The normalized spacial score (nSPS) is 14.4. The molecule has 0 unspecified atom stereocenters. The van der Waals surface area contributed by atoms with Crippen LogP contribution < -0.4 is 4.90 Å². The Kier molecular flexibility index (Phi) is 5.63. The van der Waals surface area contributed by atoms with Crippen molar-refractivity contribution >= 4 is 35.0 Å². The number of hydrogen-bond acceptors (Lipinski definition) is 5. The van der Waals surface area contributed by atoms with Gasteiger partial charge in [0.05, 0.1) is 29.0 Å². The molecule has 0 spiro atoms. The number of rotatable bonds is 5. The van der Waals surface area contributed by atoms with Crippen molar-refractivity contribution in [2.45, 2.75) is 0 Å². The third-order valence-corrected chi connectivity index (χ3v) is 5.00. The fourth-order valence-corrected chi connectivity index (χ4v) is 3.45. The summed E-state index contributed by atoms with van der Waals surface area (Å²) in [6, 6.07) is 22.1. The van der Waals surface area contributed by atoms with Gasteiger partial charge in [0, 0.05) is 17.7 Å². The van der Waals surface area contributed by atoms with Gasteiger partial charge in [0.25, 0.3) is 11.6 Å². The van der Waals surface area contributed by atoms with Crippen LogP contribution >= 0.6 is 0 Å². The third-order valence-electron chi connectivity index (χ3n) is 5.00. The van der Waals surface area contributed by atoms with Gasteiger partial charge in [0.2, 0.25) is 0 Å². The summed E-state index contributed by atoms with van der Waals surface area (Å²) in [7, 11) is 1.30. The van der Waals surface area contributed by atoms with Crippen molar-refractivity contribution in [2.75, 3.05) is 12.0 Å². The molecule has 0 saturated carbocycles. The third kappa shape index (κ3) is 4.04. The van der Waals surface area contributed by atoms with E-state index in [2.05, 4.69) is 0 Å². The molecule has 1 amide bonds. The quantitative estimate of drug-likeness (QED) is 0.252. The molecule has 158 valence electrons. The summed E-state index contributed by atoms with van der Waals surface area (Å²) in [5, 5.41) is 10.9. The van der Waals surface area contributed by atoms with Crippen molar-refractivity contribution in [2.24, 2.45) is 0 Å². The number of non-ortho nitro benzene ring substituents is 1. The van der Waals surface area contributed by atoms with Gasteiger partial charge in [-0.25, -0.2) is 4.79 Å². The summed E-state index contributed by atoms with van der Waals surface area (Å²) in [6.45, 7) is 0. The SMILES string of the molecule is COC(=O)c1cccc(N2C(=O)C(=Cc3ccc([N+](=O)[O-])cc3)C=C2c2ccccc2)c1. The smallest absolute Gasteiger partial charge is 0.337 e. The molecule has 0 bridgehead atoms. The van der Waals surface area contributed by atoms with Crippen molar-refractivity contribution < 1.29 is 19.2 Å². The molecular formula is C25H18N2O5. The first-order chi connectivity index (χ1) is 15.5. The van der Waals surface area contributed by atoms with E-state index in [0.29, 0.717) is 28.1 Å². The molecule has 0 N–H and O–H groups in total. The van der Waals surface area contributed by atoms with Gasteiger partial charge in [-0.1, -0.05) is 36.4 Å². The number of nitro benzene ring substituents is 1. The van der Waals surface area contributed by atoms with Crippen molar-refractivity contribution in [1.29, 1.82) is 0 Å². The van der Waals surface area contributed by atoms with Gasteiger partial charge in [0.15, 0.2) is 0 Å². The average molecular weight is 426 g/mol. The van der Waals surface area contributed by atoms with Gasteiger partial charge in [-0.2, -0.15) is 0 Å². The van der Waals surface area contributed by atoms with E-state index in [1.807, 2.05) is 30.3 Å². The van der Waals surface area contributed by atoms with E-state index in [0.717, 1.165) is 5.56 Å². The molecule has 3 aromatic rings. The first kappa shape index (κ1) is 20.7. The Bertz CT molecular complexity index is 1260. The lowest BCUT2D eigenvalue weighted by Crippen LogP contribution is -2.25. The summed E-state index contributed by atoms with van der Waals surface area (Å²) >= 11 is 0. The summed E-state index contributed by atoms with van der Waals surface area (Å²) in [5.74, 6) is -0.769. The summed E-state index contributed by atoms with van der Waals surface area (Å²) in [4.78, 5) is 37.4. The van der Waals surface area contributed by atoms with E-state index >= 15 is 0 Å². The number of nitrogens with zero attached hydrogens (tertiary/aromatic N) is 2. The summed E-state index contributed by atoms with van der Waals surface area (Å²) in [5.41, 5.74) is 3.40. The molecule has 0 fully saturated rings. The fourth-order valence-electron chi connectivity index (χ4n) is 3.45. The first-order valence-corrected chi connectivity index (χ1v) is 9.74. The second-order valence-electron chi connectivity index (χ2n) is 7.03. The highest BCUT2D eigenvalue weighted by molar-refractivity contribution is 6.23. The van der Waals surface area contributed by atoms with Crippen molar-refractivity contribution in [3.05, 3.63) is 117 Å². The highest BCUT2D eigenvalue weighted by Gasteiger charge is 2.30. The number of benzene rings is 3. The highest BCUT2D eigenvalue weighted by atomic mass is 16.6. The number of carbonyl (C=O) groups is 2. The predicted octanol–water partition coefficient (Wildman–Crippen LogP) is 4.85. The van der Waals surface area contributed by atoms with E-state index in [9.17, 15) is 19.7 Å². The molecule has 1 aliphatic heterocycles. The number of esters is 1. The minimum Gasteiger partial charge on any atom is -0.465 e. The first-order valence-electron chi connectivity index (χ1n) is 9.74. The van der Waals surface area contributed by atoms with Gasteiger partial charge in [-0.3, -0.25) is 19.8 Å². The number of hydrogen-bond donors (Lipinski definition) is 0. The number of amides is 1. The maximum atomic E-state index is 13.4. The molecule has 1 heterocycles. The Labute approximate surface area is 184 Å². The van der Waals surface area contributed by atoms with Crippen LogP contribution in [0.3, 0.4) is 0 Å². The molecule has 0 aliphatic carbocycles. The molecule has 0 atom stereocenters. The van der Waals surface area contributed by atoms with Crippen molar-refractivity contribution in [3.8, 4) is 0 Å². The average Bonchev–Trinajstić information content (AvgIpc) is 3.15. The Morgan fingerprint density at radius 1 is 1.00 bits per heavy atom. The van der Waals surface area contributed by atoms with Crippen LogP contribution in [0.25, 0.3) is 11.8 Å². The van der Waals surface area contributed by atoms with Crippen LogP contribution in [0.5, 0.6) is 0 Å². The van der Waals surface area contributed by atoms with Gasteiger partial charge in [-0.05, 0) is 53.6 Å². The Hall–Kier alpha value is -4.52. The van der Waals surface area contributed by atoms with Crippen molar-refractivity contribution in [1.82, 2.24) is 0 Å². The Morgan fingerprint density at radius 3 is 2.38 bits per heavy atom. The van der Waals surface area contributed by atoms with E-state index < -0.39 is 10.9 Å². The Morgan fingerprint density at radius 2 is 1.72 bits per heavy atom.